The summed E-state index contributed by atoms with van der Waals surface area (Å²) >= 11 is 0. The number of carbonyl (C=O) groups is 1. The zero-order valence-electron chi connectivity index (χ0n) is 8.14. The Morgan fingerprint density at radius 1 is 1.38 bits per heavy atom. The van der Waals surface area contributed by atoms with Crippen molar-refractivity contribution in [3.05, 3.63) is 30.0 Å². The summed E-state index contributed by atoms with van der Waals surface area (Å²) < 4.78 is 0. The molecule has 0 aliphatic rings. The van der Waals surface area contributed by atoms with Crippen LogP contribution >= 0.6 is 0 Å². The van der Waals surface area contributed by atoms with Gasteiger partial charge in [-0.15, -0.1) is 10.2 Å². The molecule has 0 atom stereocenters. The van der Waals surface area contributed by atoms with Gasteiger partial charge in [0.05, 0.1) is 11.4 Å². The lowest BCUT2D eigenvalue weighted by Gasteiger charge is -2.05. The van der Waals surface area contributed by atoms with E-state index < -0.39 is 5.97 Å². The second-order valence-electron chi connectivity index (χ2n) is 3.04. The van der Waals surface area contributed by atoms with Crippen molar-refractivity contribution in [2.75, 3.05) is 11.1 Å². The zero-order chi connectivity index (χ0) is 11.5. The normalized spacial score (nSPS) is 10.0. The minimum absolute atomic E-state index is 0.130. The summed E-state index contributed by atoms with van der Waals surface area (Å²) in [5.74, 6) is -1.03. The Hall–Kier alpha value is -2.57. The Bertz CT molecular complexity index is 522. The fourth-order valence-corrected chi connectivity index (χ4v) is 1.21. The summed E-state index contributed by atoms with van der Waals surface area (Å²) in [6.07, 6.45) is 0. The predicted molar refractivity (Wildman–Crippen MR) is 57.5 cm³/mol. The first-order valence-corrected chi connectivity index (χ1v) is 4.44. The second kappa shape index (κ2) is 3.89. The van der Waals surface area contributed by atoms with Gasteiger partial charge in [0.25, 0.3) is 0 Å². The molecule has 0 saturated heterocycles. The van der Waals surface area contributed by atoms with E-state index >= 15 is 0 Å². The number of carboxylic acids is 1. The number of nitrogens with zero attached hydrogens (tertiary/aromatic N) is 2. The first-order valence-electron chi connectivity index (χ1n) is 4.44. The van der Waals surface area contributed by atoms with Gasteiger partial charge in [-0.1, -0.05) is 12.1 Å². The second-order valence-corrected chi connectivity index (χ2v) is 3.04. The molecule has 0 aliphatic carbocycles. The molecule has 0 radical (unpaired) electrons. The van der Waals surface area contributed by atoms with Crippen LogP contribution < -0.4 is 11.1 Å². The average molecular weight is 219 g/mol. The maximum absolute atomic E-state index is 10.8. The van der Waals surface area contributed by atoms with Gasteiger partial charge >= 0.3 is 5.97 Å². The van der Waals surface area contributed by atoms with E-state index in [1.165, 1.54) is 0 Å². The van der Waals surface area contributed by atoms with Crippen molar-refractivity contribution in [3.8, 4) is 0 Å². The van der Waals surface area contributed by atoms with Crippen LogP contribution in [-0.2, 0) is 0 Å². The SMILES string of the molecule is Nc1ccccc1Nc1n[nH]nc1C(=O)O. The molecule has 0 unspecified atom stereocenters. The van der Waals surface area contributed by atoms with Gasteiger partial charge in [0, 0.05) is 0 Å². The van der Waals surface area contributed by atoms with Crippen molar-refractivity contribution in [1.82, 2.24) is 15.4 Å². The van der Waals surface area contributed by atoms with Gasteiger partial charge in [-0.05, 0) is 12.1 Å². The predicted octanol–water partition coefficient (Wildman–Crippen LogP) is 0.829. The number of para-hydroxylation sites is 2. The number of rotatable bonds is 3. The highest BCUT2D eigenvalue weighted by Gasteiger charge is 2.15. The third-order valence-corrected chi connectivity index (χ3v) is 1.96. The molecule has 1 aromatic carbocycles. The Morgan fingerprint density at radius 3 is 2.81 bits per heavy atom. The number of carboxylic acid groups (broad SMARTS) is 1. The third-order valence-electron chi connectivity index (χ3n) is 1.96. The van der Waals surface area contributed by atoms with Crippen LogP contribution in [0.1, 0.15) is 10.5 Å². The fraction of sp³-hybridized carbons (Fsp3) is 0. The lowest BCUT2D eigenvalue weighted by atomic mass is 10.2. The maximum atomic E-state index is 10.8. The Labute approximate surface area is 90.3 Å². The number of nitrogen functional groups attached to an aromatic ring is 1. The van der Waals surface area contributed by atoms with Crippen LogP contribution in [0.3, 0.4) is 0 Å². The Balaban J connectivity index is 2.31. The molecule has 1 heterocycles. The highest BCUT2D eigenvalue weighted by atomic mass is 16.4. The topological polar surface area (TPSA) is 117 Å². The summed E-state index contributed by atoms with van der Waals surface area (Å²) in [6, 6.07) is 6.97. The Morgan fingerprint density at radius 2 is 2.12 bits per heavy atom. The van der Waals surface area contributed by atoms with Gasteiger partial charge in [-0.2, -0.15) is 5.21 Å². The maximum Gasteiger partial charge on any atom is 0.360 e. The summed E-state index contributed by atoms with van der Waals surface area (Å²) in [7, 11) is 0. The number of aromatic nitrogens is 3. The number of hydrogen-bond donors (Lipinski definition) is 4. The lowest BCUT2D eigenvalue weighted by Crippen LogP contribution is -2.03. The van der Waals surface area contributed by atoms with Gasteiger partial charge in [-0.3, -0.25) is 0 Å². The van der Waals surface area contributed by atoms with Gasteiger partial charge in [0.2, 0.25) is 5.69 Å². The third kappa shape index (κ3) is 1.78. The zero-order valence-corrected chi connectivity index (χ0v) is 8.14. The van der Waals surface area contributed by atoms with Crippen LogP contribution in [0.4, 0.5) is 17.2 Å². The first-order chi connectivity index (χ1) is 7.68. The number of hydrogen-bond acceptors (Lipinski definition) is 5. The molecule has 1 aromatic heterocycles. The smallest absolute Gasteiger partial charge is 0.360 e. The van der Waals surface area contributed by atoms with Crippen molar-refractivity contribution in [1.29, 1.82) is 0 Å². The average Bonchev–Trinajstić information content (AvgIpc) is 2.69. The monoisotopic (exact) mass is 219 g/mol. The number of anilines is 3. The van der Waals surface area contributed by atoms with E-state index in [1.807, 2.05) is 0 Å². The molecular formula is C9H9N5O2. The number of nitrogens with two attached hydrogens (primary N) is 1. The highest BCUT2D eigenvalue weighted by Crippen LogP contribution is 2.22. The summed E-state index contributed by atoms with van der Waals surface area (Å²) in [5, 5.41) is 21.0. The van der Waals surface area contributed by atoms with Crippen molar-refractivity contribution < 1.29 is 9.90 Å². The molecule has 0 spiro atoms. The largest absolute Gasteiger partial charge is 0.476 e. The molecule has 0 amide bonds. The molecule has 16 heavy (non-hydrogen) atoms. The summed E-state index contributed by atoms with van der Waals surface area (Å²) in [4.78, 5) is 10.8. The number of benzene rings is 1. The fourth-order valence-electron chi connectivity index (χ4n) is 1.21. The minimum Gasteiger partial charge on any atom is -0.476 e. The van der Waals surface area contributed by atoms with Crippen LogP contribution in [-0.4, -0.2) is 26.5 Å². The van der Waals surface area contributed by atoms with Crippen molar-refractivity contribution in [3.63, 3.8) is 0 Å². The van der Waals surface area contributed by atoms with Crippen molar-refractivity contribution in [2.45, 2.75) is 0 Å². The van der Waals surface area contributed by atoms with E-state index in [0.29, 0.717) is 11.4 Å². The minimum atomic E-state index is -1.16. The number of aromatic carboxylic acids is 1. The molecule has 0 saturated carbocycles. The standard InChI is InChI=1S/C9H9N5O2/c10-5-3-1-2-4-6(5)11-8-7(9(15)16)12-14-13-8/h1-4H,10H2,(H,15,16)(H2,11,12,13,14). The Kier molecular flexibility index (Phi) is 2.42. The number of aromatic amines is 1. The molecule has 2 rings (SSSR count). The van der Waals surface area contributed by atoms with Crippen LogP contribution in [0.15, 0.2) is 24.3 Å². The summed E-state index contributed by atoms with van der Waals surface area (Å²) in [6.45, 7) is 0. The van der Waals surface area contributed by atoms with E-state index in [1.54, 1.807) is 24.3 Å². The summed E-state index contributed by atoms with van der Waals surface area (Å²) in [5.41, 5.74) is 6.60. The van der Waals surface area contributed by atoms with Crippen LogP contribution in [0.25, 0.3) is 0 Å². The van der Waals surface area contributed by atoms with E-state index in [2.05, 4.69) is 20.7 Å². The van der Waals surface area contributed by atoms with Crippen molar-refractivity contribution >= 4 is 23.2 Å². The van der Waals surface area contributed by atoms with E-state index in [4.69, 9.17) is 10.8 Å². The van der Waals surface area contributed by atoms with Gasteiger partial charge < -0.3 is 16.2 Å². The molecule has 0 bridgehead atoms. The quantitative estimate of drug-likeness (QED) is 0.568. The molecule has 5 N–H and O–H groups in total. The van der Waals surface area contributed by atoms with Gasteiger partial charge in [-0.25, -0.2) is 4.79 Å². The van der Waals surface area contributed by atoms with Gasteiger partial charge in [0.1, 0.15) is 0 Å². The lowest BCUT2D eigenvalue weighted by molar-refractivity contribution is 0.0691. The molecule has 7 heteroatoms. The molecule has 2 aromatic rings. The molecule has 7 nitrogen and oxygen atoms in total. The van der Waals surface area contributed by atoms with E-state index in [-0.39, 0.29) is 11.5 Å². The van der Waals surface area contributed by atoms with E-state index in [0.717, 1.165) is 0 Å². The van der Waals surface area contributed by atoms with Crippen molar-refractivity contribution in [2.24, 2.45) is 0 Å². The highest BCUT2D eigenvalue weighted by molar-refractivity contribution is 5.92. The first kappa shape index (κ1) is 9.97. The number of nitrogens with one attached hydrogen (secondary N) is 2. The van der Waals surface area contributed by atoms with Crippen LogP contribution in [0.2, 0.25) is 0 Å². The molecule has 0 fully saturated rings. The van der Waals surface area contributed by atoms with Crippen LogP contribution in [0, 0.1) is 0 Å². The van der Waals surface area contributed by atoms with Gasteiger partial charge in [0.15, 0.2) is 5.82 Å². The van der Waals surface area contributed by atoms with E-state index in [9.17, 15) is 4.79 Å². The molecule has 82 valence electrons. The molecular weight excluding hydrogens is 210 g/mol. The molecule has 0 aliphatic heterocycles. The number of H-pyrrole nitrogens is 1. The van der Waals surface area contributed by atoms with Crippen LogP contribution in [0.5, 0.6) is 0 Å².